The number of ether oxygens (including phenoxy) is 1. The molecule has 0 bridgehead atoms. The molecule has 0 radical (unpaired) electrons. The number of fused-ring (bicyclic) bond motifs is 1. The lowest BCUT2D eigenvalue weighted by Gasteiger charge is -2.27. The molecular weight excluding hydrogens is 372 g/mol. The van der Waals surface area contributed by atoms with E-state index in [-0.39, 0.29) is 5.91 Å². The fourth-order valence-corrected chi connectivity index (χ4v) is 3.68. The number of para-hydroxylation sites is 1. The van der Waals surface area contributed by atoms with Gasteiger partial charge in [0.2, 0.25) is 0 Å². The van der Waals surface area contributed by atoms with Crippen LogP contribution in [0.1, 0.15) is 45.0 Å². The van der Waals surface area contributed by atoms with E-state index in [1.807, 2.05) is 66.4 Å². The van der Waals surface area contributed by atoms with Crippen LogP contribution in [0.5, 0.6) is 5.75 Å². The zero-order valence-corrected chi connectivity index (χ0v) is 18.7. The third-order valence-corrected chi connectivity index (χ3v) is 4.87. The average molecular weight is 405 g/mol. The Kier molecular flexibility index (Phi) is 7.09. The lowest BCUT2D eigenvalue weighted by Crippen LogP contribution is -2.37. The summed E-state index contributed by atoms with van der Waals surface area (Å²) < 4.78 is 5.55. The van der Waals surface area contributed by atoms with Gasteiger partial charge in [0, 0.05) is 24.0 Å². The Morgan fingerprint density at radius 1 is 0.967 bits per heavy atom. The Morgan fingerprint density at radius 2 is 1.60 bits per heavy atom. The average Bonchev–Trinajstić information content (AvgIpc) is 2.72. The summed E-state index contributed by atoms with van der Waals surface area (Å²) in [7, 11) is 0. The minimum atomic E-state index is 0.0724. The van der Waals surface area contributed by atoms with Crippen LogP contribution in [-0.2, 0) is 0 Å². The maximum absolute atomic E-state index is 13.6. The molecular formula is C26H32N2O2. The second-order valence-electron chi connectivity index (χ2n) is 8.53. The van der Waals surface area contributed by atoms with Crippen molar-refractivity contribution in [2.24, 2.45) is 11.8 Å². The summed E-state index contributed by atoms with van der Waals surface area (Å²) in [5.41, 5.74) is 3.32. The van der Waals surface area contributed by atoms with Gasteiger partial charge in [-0.25, -0.2) is 4.98 Å². The largest absolute Gasteiger partial charge is 0.494 e. The number of hydrogen-bond donors (Lipinski definition) is 0. The van der Waals surface area contributed by atoms with E-state index in [1.54, 1.807) is 0 Å². The molecule has 158 valence electrons. The first-order valence-electron chi connectivity index (χ1n) is 10.8. The van der Waals surface area contributed by atoms with E-state index in [4.69, 9.17) is 9.72 Å². The molecule has 0 unspecified atom stereocenters. The van der Waals surface area contributed by atoms with Gasteiger partial charge in [0.1, 0.15) is 5.75 Å². The highest BCUT2D eigenvalue weighted by Crippen LogP contribution is 2.27. The fraction of sp³-hybridized carbons (Fsp3) is 0.385. The van der Waals surface area contributed by atoms with Crippen molar-refractivity contribution in [1.82, 2.24) is 9.88 Å². The molecule has 0 spiro atoms. The Balaban J connectivity index is 2.07. The minimum absolute atomic E-state index is 0.0724. The zero-order chi connectivity index (χ0) is 21.7. The van der Waals surface area contributed by atoms with Crippen molar-refractivity contribution in [1.29, 1.82) is 0 Å². The van der Waals surface area contributed by atoms with E-state index in [0.29, 0.717) is 24.0 Å². The summed E-state index contributed by atoms with van der Waals surface area (Å²) in [6.07, 6.45) is 0. The standard InChI is InChI=1S/C26H32N2O2/c1-6-30-21-13-11-20(12-14-21)25-15-23(22-9-7-8-10-24(22)27-25)26(29)28(16-18(2)3)17-19(4)5/h7-15,18-19H,6,16-17H2,1-5H3. The molecule has 1 aromatic heterocycles. The topological polar surface area (TPSA) is 42.4 Å². The molecule has 0 aliphatic rings. The van der Waals surface area contributed by atoms with Crippen LogP contribution in [0, 0.1) is 11.8 Å². The highest BCUT2D eigenvalue weighted by atomic mass is 16.5. The number of pyridine rings is 1. The Hall–Kier alpha value is -2.88. The number of aromatic nitrogens is 1. The number of carbonyl (C=O) groups excluding carboxylic acids is 1. The van der Waals surface area contributed by atoms with Crippen molar-refractivity contribution in [3.05, 3.63) is 60.2 Å². The number of amides is 1. The molecule has 0 saturated heterocycles. The summed E-state index contributed by atoms with van der Waals surface area (Å²) in [6, 6.07) is 17.7. The molecule has 0 atom stereocenters. The normalized spacial score (nSPS) is 11.3. The SMILES string of the molecule is CCOc1ccc(-c2cc(C(=O)N(CC(C)C)CC(C)C)c3ccccc3n2)cc1. The van der Waals surface area contributed by atoms with Crippen LogP contribution in [-0.4, -0.2) is 35.5 Å². The number of rotatable bonds is 8. The minimum Gasteiger partial charge on any atom is -0.494 e. The predicted octanol–water partition coefficient (Wildman–Crippen LogP) is 6.05. The lowest BCUT2D eigenvalue weighted by molar-refractivity contribution is 0.0717. The number of carbonyl (C=O) groups is 1. The van der Waals surface area contributed by atoms with Gasteiger partial charge in [-0.2, -0.15) is 0 Å². The highest BCUT2D eigenvalue weighted by Gasteiger charge is 2.21. The number of nitrogens with zero attached hydrogens (tertiary/aromatic N) is 2. The van der Waals surface area contributed by atoms with Crippen molar-refractivity contribution < 1.29 is 9.53 Å². The fourth-order valence-electron chi connectivity index (χ4n) is 3.68. The quantitative estimate of drug-likeness (QED) is 0.459. The Bertz CT molecular complexity index is 984. The molecule has 0 aliphatic carbocycles. The monoisotopic (exact) mass is 404 g/mol. The van der Waals surface area contributed by atoms with E-state index < -0.39 is 0 Å². The van der Waals surface area contributed by atoms with E-state index in [9.17, 15) is 4.79 Å². The van der Waals surface area contributed by atoms with Gasteiger partial charge in [-0.1, -0.05) is 45.9 Å². The van der Waals surface area contributed by atoms with Gasteiger partial charge in [-0.15, -0.1) is 0 Å². The molecule has 1 heterocycles. The molecule has 2 aromatic carbocycles. The molecule has 4 nitrogen and oxygen atoms in total. The van der Waals surface area contributed by atoms with Crippen molar-refractivity contribution in [2.45, 2.75) is 34.6 Å². The summed E-state index contributed by atoms with van der Waals surface area (Å²) in [4.78, 5) is 20.4. The first-order chi connectivity index (χ1) is 14.4. The predicted molar refractivity (Wildman–Crippen MR) is 124 cm³/mol. The molecule has 3 rings (SSSR count). The summed E-state index contributed by atoms with van der Waals surface area (Å²) >= 11 is 0. The van der Waals surface area contributed by atoms with Crippen LogP contribution in [0.2, 0.25) is 0 Å². The third-order valence-electron chi connectivity index (χ3n) is 4.87. The molecule has 0 aliphatic heterocycles. The van der Waals surface area contributed by atoms with Gasteiger partial charge in [0.15, 0.2) is 0 Å². The Labute approximate surface area is 179 Å². The van der Waals surface area contributed by atoms with Crippen molar-refractivity contribution in [3.63, 3.8) is 0 Å². The van der Waals surface area contributed by atoms with Gasteiger partial charge in [-0.05, 0) is 55.2 Å². The maximum Gasteiger partial charge on any atom is 0.254 e. The first kappa shape index (κ1) is 21.8. The van der Waals surface area contributed by atoms with Crippen LogP contribution in [0.15, 0.2) is 54.6 Å². The van der Waals surface area contributed by atoms with Gasteiger partial charge in [-0.3, -0.25) is 4.79 Å². The van der Waals surface area contributed by atoms with Gasteiger partial charge in [0.25, 0.3) is 5.91 Å². The van der Waals surface area contributed by atoms with Crippen molar-refractivity contribution >= 4 is 16.8 Å². The van der Waals surface area contributed by atoms with Crippen LogP contribution >= 0.6 is 0 Å². The molecule has 1 amide bonds. The first-order valence-corrected chi connectivity index (χ1v) is 10.8. The molecule has 0 N–H and O–H groups in total. The highest BCUT2D eigenvalue weighted by molar-refractivity contribution is 6.07. The Morgan fingerprint density at radius 3 is 2.20 bits per heavy atom. The van der Waals surface area contributed by atoms with Crippen molar-refractivity contribution in [3.8, 4) is 17.0 Å². The molecule has 30 heavy (non-hydrogen) atoms. The maximum atomic E-state index is 13.6. The van der Waals surface area contributed by atoms with E-state index in [1.165, 1.54) is 0 Å². The second-order valence-corrected chi connectivity index (χ2v) is 8.53. The summed E-state index contributed by atoms with van der Waals surface area (Å²) in [6.45, 7) is 12.7. The van der Waals surface area contributed by atoms with Crippen LogP contribution < -0.4 is 4.74 Å². The summed E-state index contributed by atoms with van der Waals surface area (Å²) in [5, 5.41) is 0.898. The number of hydrogen-bond acceptors (Lipinski definition) is 3. The molecule has 4 heteroatoms. The van der Waals surface area contributed by atoms with E-state index >= 15 is 0 Å². The lowest BCUT2D eigenvalue weighted by atomic mass is 10.0. The zero-order valence-electron chi connectivity index (χ0n) is 18.7. The molecule has 0 fully saturated rings. The smallest absolute Gasteiger partial charge is 0.254 e. The third kappa shape index (κ3) is 5.18. The summed E-state index contributed by atoms with van der Waals surface area (Å²) in [5.74, 6) is 1.72. The van der Waals surface area contributed by atoms with E-state index in [2.05, 4.69) is 27.7 Å². The number of benzene rings is 2. The van der Waals surface area contributed by atoms with E-state index in [0.717, 1.165) is 41.0 Å². The van der Waals surface area contributed by atoms with Gasteiger partial charge < -0.3 is 9.64 Å². The molecule has 0 saturated carbocycles. The van der Waals surface area contributed by atoms with Crippen LogP contribution in [0.4, 0.5) is 0 Å². The van der Waals surface area contributed by atoms with Crippen LogP contribution in [0.3, 0.4) is 0 Å². The molecule has 3 aromatic rings. The van der Waals surface area contributed by atoms with Crippen molar-refractivity contribution in [2.75, 3.05) is 19.7 Å². The van der Waals surface area contributed by atoms with Gasteiger partial charge >= 0.3 is 0 Å². The van der Waals surface area contributed by atoms with Crippen LogP contribution in [0.25, 0.3) is 22.2 Å². The second kappa shape index (κ2) is 9.75. The van der Waals surface area contributed by atoms with Gasteiger partial charge in [0.05, 0.1) is 23.4 Å².